The number of hydrogen-bond acceptors (Lipinski definition) is 6. The molecule has 0 atom stereocenters. The third-order valence-corrected chi connectivity index (χ3v) is 1.62. The summed E-state index contributed by atoms with van der Waals surface area (Å²) in [5.74, 6) is -0.558. The molecule has 0 aromatic carbocycles. The number of hydrogen-bond donors (Lipinski definition) is 0. The Kier molecular flexibility index (Phi) is 18.7. The maximum Gasteiger partial charge on any atom is 1.00 e. The average molecular weight is 300 g/mol. The van der Waals surface area contributed by atoms with Gasteiger partial charge in [-0.05, 0) is 6.92 Å². The van der Waals surface area contributed by atoms with E-state index in [1.807, 2.05) is 0 Å². The van der Waals surface area contributed by atoms with E-state index < -0.39 is 13.8 Å². The molecule has 0 amide bonds. The number of phosphoric ester groups is 1. The van der Waals surface area contributed by atoms with E-state index in [1.54, 1.807) is 0 Å². The molecular formula is C7H11K2O6P. The molecule has 0 radical (unpaired) electrons. The Morgan fingerprint density at radius 3 is 2.19 bits per heavy atom. The van der Waals surface area contributed by atoms with Gasteiger partial charge in [-0.15, -0.1) is 0 Å². The molecule has 0 aliphatic heterocycles. The molecule has 0 unspecified atom stereocenters. The van der Waals surface area contributed by atoms with E-state index in [2.05, 4.69) is 15.8 Å². The molecule has 0 aromatic rings. The topological polar surface area (TPSA) is 98.7 Å². The minimum Gasteiger partial charge on any atom is -0.790 e. The molecule has 6 nitrogen and oxygen atoms in total. The van der Waals surface area contributed by atoms with Gasteiger partial charge in [-0.25, -0.2) is 4.79 Å². The van der Waals surface area contributed by atoms with E-state index in [0.29, 0.717) is 0 Å². The van der Waals surface area contributed by atoms with Crippen LogP contribution in [0.1, 0.15) is 13.3 Å². The largest absolute Gasteiger partial charge is 1.00 e. The number of carbonyl (C=O) groups excluding carboxylic acids is 1. The van der Waals surface area contributed by atoms with Gasteiger partial charge in [0.05, 0.1) is 21.0 Å². The molecule has 0 saturated carbocycles. The van der Waals surface area contributed by atoms with Crippen LogP contribution in [0.4, 0.5) is 0 Å². The van der Waals surface area contributed by atoms with Crippen molar-refractivity contribution < 1.29 is 131 Å². The molecule has 0 heterocycles. The van der Waals surface area contributed by atoms with Gasteiger partial charge in [0.25, 0.3) is 0 Å². The normalized spacial score (nSPS) is 9.69. The molecule has 0 rings (SSSR count). The van der Waals surface area contributed by atoms with Crippen molar-refractivity contribution in [1.82, 2.24) is 0 Å². The van der Waals surface area contributed by atoms with Gasteiger partial charge < -0.3 is 23.6 Å². The van der Waals surface area contributed by atoms with Crippen molar-refractivity contribution in [3.05, 3.63) is 12.2 Å². The second kappa shape index (κ2) is 12.6. The zero-order chi connectivity index (χ0) is 11.2. The Bertz CT molecular complexity index is 264. The number of carbonyl (C=O) groups is 1. The van der Waals surface area contributed by atoms with E-state index in [9.17, 15) is 19.1 Å². The van der Waals surface area contributed by atoms with Crippen molar-refractivity contribution in [2.45, 2.75) is 13.3 Å². The summed E-state index contributed by atoms with van der Waals surface area (Å²) in [4.78, 5) is 30.7. The average Bonchev–Trinajstić information content (AvgIpc) is 2.01. The first-order valence-corrected chi connectivity index (χ1v) is 5.28. The fraction of sp³-hybridized carbons (Fsp3) is 0.571. The molecule has 0 fully saturated rings. The first kappa shape index (κ1) is 23.7. The molecule has 82 valence electrons. The van der Waals surface area contributed by atoms with Gasteiger partial charge in [0.15, 0.2) is 0 Å². The number of ether oxygens (including phenoxy) is 1. The van der Waals surface area contributed by atoms with Gasteiger partial charge in [-0.1, -0.05) is 6.58 Å². The molecule has 0 aliphatic rings. The van der Waals surface area contributed by atoms with Gasteiger partial charge >= 0.3 is 109 Å². The van der Waals surface area contributed by atoms with Crippen LogP contribution >= 0.6 is 7.82 Å². The first-order valence-electron chi connectivity index (χ1n) is 3.82. The van der Waals surface area contributed by atoms with Crippen molar-refractivity contribution in [3.63, 3.8) is 0 Å². The molecule has 16 heavy (non-hydrogen) atoms. The monoisotopic (exact) mass is 300 g/mol. The minimum absolute atomic E-state index is 0. The summed E-state index contributed by atoms with van der Waals surface area (Å²) in [6, 6.07) is 0. The zero-order valence-electron chi connectivity index (χ0n) is 9.73. The van der Waals surface area contributed by atoms with Crippen molar-refractivity contribution in [1.29, 1.82) is 0 Å². The van der Waals surface area contributed by atoms with Crippen LogP contribution in [0.15, 0.2) is 12.2 Å². The van der Waals surface area contributed by atoms with Crippen LogP contribution < -0.4 is 113 Å². The minimum atomic E-state index is -4.91. The summed E-state index contributed by atoms with van der Waals surface area (Å²) in [6.07, 6.45) is 0.146. The van der Waals surface area contributed by atoms with Crippen LogP contribution in [0.2, 0.25) is 0 Å². The summed E-state index contributed by atoms with van der Waals surface area (Å²) in [7, 11) is -4.91. The van der Waals surface area contributed by atoms with Gasteiger partial charge in [0.2, 0.25) is 0 Å². The summed E-state index contributed by atoms with van der Waals surface area (Å²) < 4.78 is 18.5. The Morgan fingerprint density at radius 1 is 1.31 bits per heavy atom. The molecule has 0 saturated heterocycles. The van der Waals surface area contributed by atoms with Crippen molar-refractivity contribution >= 4 is 13.8 Å². The third-order valence-electron chi connectivity index (χ3n) is 1.12. The first-order chi connectivity index (χ1) is 6.33. The molecular weight excluding hydrogens is 289 g/mol. The Balaban J connectivity index is -0.000000845. The second-order valence-corrected chi connectivity index (χ2v) is 3.70. The van der Waals surface area contributed by atoms with E-state index in [0.717, 1.165) is 0 Å². The summed E-state index contributed by atoms with van der Waals surface area (Å²) >= 11 is 0. The predicted molar refractivity (Wildman–Crippen MR) is 43.9 cm³/mol. The molecule has 0 N–H and O–H groups in total. The Labute approximate surface area is 180 Å². The van der Waals surface area contributed by atoms with Crippen molar-refractivity contribution in [3.8, 4) is 0 Å². The van der Waals surface area contributed by atoms with Gasteiger partial charge in [-0.3, -0.25) is 0 Å². The van der Waals surface area contributed by atoms with E-state index >= 15 is 0 Å². The maximum atomic E-state index is 10.8. The second-order valence-electron chi connectivity index (χ2n) is 2.55. The molecule has 0 aliphatic carbocycles. The zero-order valence-corrected chi connectivity index (χ0v) is 16.9. The maximum absolute atomic E-state index is 10.8. The van der Waals surface area contributed by atoms with Crippen LogP contribution in [0.3, 0.4) is 0 Å². The third kappa shape index (κ3) is 16.6. The van der Waals surface area contributed by atoms with Crippen LogP contribution in [0, 0.1) is 0 Å². The number of esters is 1. The van der Waals surface area contributed by atoms with Crippen LogP contribution in [-0.4, -0.2) is 19.2 Å². The number of phosphoric acid groups is 1. The Hall–Kier alpha value is 2.59. The predicted octanol–water partition coefficient (Wildman–Crippen LogP) is -6.65. The molecule has 0 spiro atoms. The van der Waals surface area contributed by atoms with Gasteiger partial charge in [0, 0.05) is 12.0 Å². The fourth-order valence-corrected chi connectivity index (χ4v) is 0.876. The summed E-state index contributed by atoms with van der Waals surface area (Å²) in [6.45, 7) is 4.54. The van der Waals surface area contributed by atoms with E-state index in [1.165, 1.54) is 6.92 Å². The molecule has 0 bridgehead atoms. The summed E-state index contributed by atoms with van der Waals surface area (Å²) in [5.41, 5.74) is 0.254. The molecule has 0 aromatic heterocycles. The van der Waals surface area contributed by atoms with Gasteiger partial charge in [0.1, 0.15) is 0 Å². The standard InChI is InChI=1S/C7H13O6P.2K/c1-6(2)7(8)12-4-3-5-13-14(9,10)11;;/h1,3-5H2,2H3,(H2,9,10,11);;/q;2*+1/p-2. The van der Waals surface area contributed by atoms with Crippen molar-refractivity contribution in [2.24, 2.45) is 0 Å². The Morgan fingerprint density at radius 2 is 1.81 bits per heavy atom. The smallest absolute Gasteiger partial charge is 0.790 e. The SMILES string of the molecule is C=C(C)C(=O)OCCCOP(=O)([O-])[O-].[K+].[K+]. The fourth-order valence-electron chi connectivity index (χ4n) is 0.523. The van der Waals surface area contributed by atoms with E-state index in [4.69, 9.17) is 0 Å². The van der Waals surface area contributed by atoms with Crippen LogP contribution in [-0.2, 0) is 18.6 Å². The van der Waals surface area contributed by atoms with Crippen LogP contribution in [0.25, 0.3) is 0 Å². The number of rotatable bonds is 6. The molecule has 9 heteroatoms. The van der Waals surface area contributed by atoms with E-state index in [-0.39, 0.29) is 128 Å². The quantitative estimate of drug-likeness (QED) is 0.159. The van der Waals surface area contributed by atoms with Crippen molar-refractivity contribution in [2.75, 3.05) is 13.2 Å². The van der Waals surface area contributed by atoms with Gasteiger partial charge in [-0.2, -0.15) is 0 Å². The summed E-state index contributed by atoms with van der Waals surface area (Å²) in [5, 5.41) is 0. The van der Waals surface area contributed by atoms with Crippen LogP contribution in [0.5, 0.6) is 0 Å².